The topological polar surface area (TPSA) is 73.4 Å². The Morgan fingerprint density at radius 3 is 2.11 bits per heavy atom. The van der Waals surface area contributed by atoms with E-state index in [1.165, 1.54) is 0 Å². The van der Waals surface area contributed by atoms with E-state index >= 15 is 0 Å². The van der Waals surface area contributed by atoms with Crippen LogP contribution in [0.2, 0.25) is 5.02 Å². The normalized spacial score (nSPS) is 27.5. The van der Waals surface area contributed by atoms with Crippen LogP contribution in [0.3, 0.4) is 0 Å². The second kappa shape index (κ2) is 14.7. The van der Waals surface area contributed by atoms with Crippen molar-refractivity contribution < 1.29 is 19.1 Å². The molecule has 0 radical (unpaired) electrons. The van der Waals surface area contributed by atoms with Crippen LogP contribution in [0.15, 0.2) is 24.3 Å². The van der Waals surface area contributed by atoms with Crippen molar-refractivity contribution in [2.45, 2.75) is 110 Å². The van der Waals surface area contributed by atoms with Crippen LogP contribution in [-0.2, 0) is 19.1 Å². The quantitative estimate of drug-likeness (QED) is 0.377. The maximum absolute atomic E-state index is 14.9. The number of amides is 3. The summed E-state index contributed by atoms with van der Waals surface area (Å²) in [6, 6.07) is 7.24. The van der Waals surface area contributed by atoms with E-state index in [1.807, 2.05) is 47.9 Å². The fraction of sp³-hybridized carbons (Fsp3) is 0.750. The lowest BCUT2D eigenvalue weighted by Gasteiger charge is -2.43. The summed E-state index contributed by atoms with van der Waals surface area (Å²) in [7, 11) is 0. The number of ether oxygens (including phenoxy) is 1. The zero-order chi connectivity index (χ0) is 32.7. The molecule has 1 aliphatic carbocycles. The number of carbonyl (C=O) groups is 3. The first-order valence-corrected chi connectivity index (χ1v) is 17.5. The van der Waals surface area contributed by atoms with Gasteiger partial charge in [0.1, 0.15) is 6.04 Å². The molecule has 5 rings (SSSR count). The van der Waals surface area contributed by atoms with Crippen LogP contribution in [0, 0.1) is 17.3 Å². The van der Waals surface area contributed by atoms with Gasteiger partial charge in [0.2, 0.25) is 17.7 Å². The van der Waals surface area contributed by atoms with Crippen molar-refractivity contribution >= 4 is 41.7 Å². The van der Waals surface area contributed by atoms with E-state index in [4.69, 9.17) is 16.3 Å². The maximum atomic E-state index is 14.9. The van der Waals surface area contributed by atoms with Crippen LogP contribution in [0.5, 0.6) is 0 Å². The molecule has 4 aliphatic rings. The summed E-state index contributed by atoms with van der Waals surface area (Å²) in [5, 5.41) is 0.673. The number of likely N-dealkylation sites (tertiary alicyclic amines) is 2. The van der Waals surface area contributed by atoms with Crippen LogP contribution < -0.4 is 0 Å². The molecule has 8 nitrogen and oxygen atoms in total. The summed E-state index contributed by atoms with van der Waals surface area (Å²) in [6.07, 6.45) is 4.54. The third kappa shape index (κ3) is 8.04. The fourth-order valence-corrected chi connectivity index (χ4v) is 8.09. The first-order chi connectivity index (χ1) is 21.2. The monoisotopic (exact) mass is 678 g/mol. The zero-order valence-corrected chi connectivity index (χ0v) is 30.5. The molecule has 0 bridgehead atoms. The summed E-state index contributed by atoms with van der Waals surface area (Å²) in [5.41, 5.74) is 1.26. The highest BCUT2D eigenvalue weighted by molar-refractivity contribution is 6.30. The molecule has 3 amide bonds. The van der Waals surface area contributed by atoms with Gasteiger partial charge in [-0.25, -0.2) is 0 Å². The molecule has 4 atom stereocenters. The lowest BCUT2D eigenvalue weighted by molar-refractivity contribution is -0.148. The van der Waals surface area contributed by atoms with E-state index in [-0.39, 0.29) is 70.9 Å². The number of benzene rings is 1. The minimum Gasteiger partial charge on any atom is -0.378 e. The molecular weight excluding hydrogens is 623 g/mol. The first kappa shape index (κ1) is 37.0. The first-order valence-electron chi connectivity index (χ1n) is 17.2. The van der Waals surface area contributed by atoms with Crippen LogP contribution in [0.4, 0.5) is 0 Å². The van der Waals surface area contributed by atoms with E-state index in [1.54, 1.807) is 0 Å². The van der Waals surface area contributed by atoms with Gasteiger partial charge in [-0.2, -0.15) is 0 Å². The predicted octanol–water partition coefficient (Wildman–Crippen LogP) is 5.86. The number of hydrogen-bond donors (Lipinski definition) is 0. The highest BCUT2D eigenvalue weighted by Crippen LogP contribution is 2.42. The molecule has 1 aromatic carbocycles. The van der Waals surface area contributed by atoms with Gasteiger partial charge in [0.25, 0.3) is 0 Å². The van der Waals surface area contributed by atoms with E-state index < -0.39 is 6.04 Å². The summed E-state index contributed by atoms with van der Waals surface area (Å²) in [4.78, 5) is 51.2. The largest absolute Gasteiger partial charge is 0.378 e. The van der Waals surface area contributed by atoms with Gasteiger partial charge in [-0.05, 0) is 76.0 Å². The van der Waals surface area contributed by atoms with Crippen molar-refractivity contribution in [1.29, 1.82) is 0 Å². The smallest absolute Gasteiger partial charge is 0.245 e. The second-order valence-corrected chi connectivity index (χ2v) is 16.4. The van der Waals surface area contributed by atoms with Crippen molar-refractivity contribution in [2.75, 3.05) is 45.9 Å². The van der Waals surface area contributed by atoms with Gasteiger partial charge >= 0.3 is 0 Å². The fourth-order valence-electron chi connectivity index (χ4n) is 7.97. The Morgan fingerprint density at radius 2 is 1.54 bits per heavy atom. The molecule has 258 valence electrons. The van der Waals surface area contributed by atoms with E-state index in [0.717, 1.165) is 37.8 Å². The molecule has 0 aromatic heterocycles. The van der Waals surface area contributed by atoms with Crippen molar-refractivity contribution in [3.63, 3.8) is 0 Å². The molecule has 3 aliphatic heterocycles. The lowest BCUT2D eigenvalue weighted by atomic mass is 9.75. The van der Waals surface area contributed by atoms with Gasteiger partial charge in [-0.3, -0.25) is 19.3 Å². The average molecular weight is 680 g/mol. The second-order valence-electron chi connectivity index (χ2n) is 16.0. The number of morpholine rings is 1. The third-order valence-electron chi connectivity index (χ3n) is 10.9. The summed E-state index contributed by atoms with van der Waals surface area (Å²) < 4.78 is 5.55. The third-order valence-corrected chi connectivity index (χ3v) is 11.1. The number of carbonyl (C=O) groups excluding carboxylic acids is 3. The van der Waals surface area contributed by atoms with Gasteiger partial charge < -0.3 is 19.4 Å². The van der Waals surface area contributed by atoms with E-state index in [9.17, 15) is 14.4 Å². The van der Waals surface area contributed by atoms with Gasteiger partial charge in [-0.1, -0.05) is 51.4 Å². The summed E-state index contributed by atoms with van der Waals surface area (Å²) >= 11 is 6.25. The molecular formula is C36H56Cl2N4O4. The standard InChI is InChI=1S/C36H55ClN4O4.ClH/c1-24(2)32(42)41(27-12-14-36(6,7)15-13-27)28-20-31(34(44)38-16-18-45-19-17-38)40(21-28)33(43)30-23-39(35(3,4)5)22-29(30)25-8-10-26(37)11-9-25;/h8-11,24,27-31H,12-23H2,1-7H3;1H/t28-,29-,30+,31-;/m0./s1. The van der Waals surface area contributed by atoms with Crippen molar-refractivity contribution in [3.05, 3.63) is 34.9 Å². The number of hydrogen-bond acceptors (Lipinski definition) is 5. The average Bonchev–Trinajstić information content (AvgIpc) is 3.64. The van der Waals surface area contributed by atoms with Crippen LogP contribution in [-0.4, -0.2) is 107 Å². The molecule has 3 saturated heterocycles. The molecule has 1 aromatic rings. The Labute approximate surface area is 287 Å². The van der Waals surface area contributed by atoms with Crippen LogP contribution in [0.25, 0.3) is 0 Å². The number of rotatable bonds is 6. The molecule has 3 heterocycles. The van der Waals surface area contributed by atoms with Gasteiger partial charge in [0.15, 0.2) is 0 Å². The minimum atomic E-state index is -0.586. The molecule has 0 N–H and O–H groups in total. The minimum absolute atomic E-state index is 0. The van der Waals surface area contributed by atoms with Crippen molar-refractivity contribution in [2.24, 2.45) is 17.3 Å². The Bertz CT molecular complexity index is 1220. The van der Waals surface area contributed by atoms with Gasteiger partial charge in [0, 0.05) is 61.2 Å². The highest BCUT2D eigenvalue weighted by atomic mass is 35.5. The van der Waals surface area contributed by atoms with Gasteiger partial charge in [0.05, 0.1) is 25.2 Å². The summed E-state index contributed by atoms with van der Waals surface area (Å²) in [6.45, 7) is 19.0. The Hall–Kier alpha value is -1.87. The van der Waals surface area contributed by atoms with E-state index in [2.05, 4.69) is 44.4 Å². The highest BCUT2D eigenvalue weighted by Gasteiger charge is 2.51. The maximum Gasteiger partial charge on any atom is 0.245 e. The number of halogens is 2. The van der Waals surface area contributed by atoms with Gasteiger partial charge in [-0.15, -0.1) is 12.4 Å². The predicted molar refractivity (Wildman–Crippen MR) is 185 cm³/mol. The van der Waals surface area contributed by atoms with Crippen molar-refractivity contribution in [1.82, 2.24) is 19.6 Å². The Kier molecular flexibility index (Phi) is 11.8. The molecule has 4 fully saturated rings. The van der Waals surface area contributed by atoms with E-state index in [0.29, 0.717) is 50.8 Å². The zero-order valence-electron chi connectivity index (χ0n) is 29.0. The molecule has 1 saturated carbocycles. The van der Waals surface area contributed by atoms with Crippen molar-refractivity contribution in [3.8, 4) is 0 Å². The summed E-state index contributed by atoms with van der Waals surface area (Å²) in [5.74, 6) is -0.310. The SMILES string of the molecule is CC(C)C(=O)N(C1CCC(C)(C)CC1)[C@H]1C[C@@H](C(=O)N2CCOCC2)N(C(=O)[C@@H]2CN(C(C)(C)C)C[C@H]2c2ccc(Cl)cc2)C1.Cl. The van der Waals surface area contributed by atoms with Crippen LogP contribution >= 0.6 is 24.0 Å². The molecule has 0 unspecified atom stereocenters. The Balaban J connectivity index is 0.00000480. The molecule has 0 spiro atoms. The van der Waals surface area contributed by atoms with Crippen LogP contribution in [0.1, 0.15) is 92.1 Å². The molecule has 46 heavy (non-hydrogen) atoms. The number of nitrogens with zero attached hydrogens (tertiary/aromatic N) is 4. The Morgan fingerprint density at radius 1 is 0.935 bits per heavy atom. The lowest BCUT2D eigenvalue weighted by Crippen LogP contribution is -2.53. The molecule has 10 heteroatoms.